The van der Waals surface area contributed by atoms with Gasteiger partial charge in [-0.25, -0.2) is 0 Å². The Morgan fingerprint density at radius 1 is 1.25 bits per heavy atom. The maximum Gasteiger partial charge on any atom is 0.270 e. The molecular formula is C18H14N2O4. The van der Waals surface area contributed by atoms with Crippen LogP contribution < -0.4 is 10.1 Å². The summed E-state index contributed by atoms with van der Waals surface area (Å²) in [6.45, 7) is 0. The van der Waals surface area contributed by atoms with Crippen LogP contribution >= 0.6 is 0 Å². The number of nitrogens with zero attached hydrogens (tertiary/aromatic N) is 1. The van der Waals surface area contributed by atoms with Gasteiger partial charge in [0.15, 0.2) is 0 Å². The van der Waals surface area contributed by atoms with Crippen molar-refractivity contribution in [1.29, 1.82) is 0 Å². The summed E-state index contributed by atoms with van der Waals surface area (Å²) in [7, 11) is 1.62. The summed E-state index contributed by atoms with van der Waals surface area (Å²) >= 11 is 0. The molecule has 0 saturated heterocycles. The second-order valence-corrected chi connectivity index (χ2v) is 5.59. The predicted octanol–water partition coefficient (Wildman–Crippen LogP) is 3.81. The van der Waals surface area contributed by atoms with Gasteiger partial charge >= 0.3 is 0 Å². The Bertz CT molecular complexity index is 904. The van der Waals surface area contributed by atoms with Gasteiger partial charge in [0.2, 0.25) is 5.72 Å². The van der Waals surface area contributed by atoms with Gasteiger partial charge in [0.25, 0.3) is 5.69 Å². The number of nitrogens with one attached hydrogen (secondary N) is 1. The lowest BCUT2D eigenvalue weighted by atomic mass is 9.97. The monoisotopic (exact) mass is 322 g/mol. The second kappa shape index (κ2) is 5.13. The zero-order valence-corrected chi connectivity index (χ0v) is 12.9. The van der Waals surface area contributed by atoms with Crippen LogP contribution in [0.3, 0.4) is 0 Å². The fraction of sp³-hybridized carbons (Fsp3) is 0.111. The molecule has 4 rings (SSSR count). The maximum atomic E-state index is 10.9. The van der Waals surface area contributed by atoms with E-state index in [2.05, 4.69) is 5.32 Å². The predicted molar refractivity (Wildman–Crippen MR) is 90.5 cm³/mol. The molecule has 0 aromatic heterocycles. The van der Waals surface area contributed by atoms with Gasteiger partial charge in [0, 0.05) is 35.0 Å². The number of hydrogen-bond acceptors (Lipinski definition) is 5. The molecule has 2 aromatic rings. The average molecular weight is 322 g/mol. The number of non-ortho nitro benzene ring substituents is 1. The zero-order chi connectivity index (χ0) is 16.7. The Kier molecular flexibility index (Phi) is 3.06. The van der Waals surface area contributed by atoms with Gasteiger partial charge in [-0.2, -0.15) is 0 Å². The van der Waals surface area contributed by atoms with E-state index < -0.39 is 10.6 Å². The maximum absolute atomic E-state index is 10.9. The third-order valence-electron chi connectivity index (χ3n) is 4.08. The fourth-order valence-electron chi connectivity index (χ4n) is 2.94. The minimum absolute atomic E-state index is 0.0352. The standard InChI is InChI=1S/C18H14N2O4/c1-23-17-11-18(19-15-5-3-2-4-14(15)17)9-8-12-10-13(20(21)22)6-7-16(12)24-18/h2-11,19H,1H3/t18-/m0/s1. The van der Waals surface area contributed by atoms with Gasteiger partial charge in [-0.15, -0.1) is 0 Å². The number of rotatable bonds is 2. The van der Waals surface area contributed by atoms with E-state index in [-0.39, 0.29) is 5.69 Å². The van der Waals surface area contributed by atoms with E-state index in [1.165, 1.54) is 12.1 Å². The van der Waals surface area contributed by atoms with Crippen LogP contribution in [0.2, 0.25) is 0 Å². The normalized spacial score (nSPS) is 20.3. The van der Waals surface area contributed by atoms with Crippen LogP contribution in [-0.2, 0) is 4.74 Å². The van der Waals surface area contributed by atoms with Crippen molar-refractivity contribution in [2.75, 3.05) is 12.4 Å². The molecule has 0 unspecified atom stereocenters. The molecule has 6 nitrogen and oxygen atoms in total. The summed E-state index contributed by atoms with van der Waals surface area (Å²) in [4.78, 5) is 10.5. The number of methoxy groups -OCH3 is 1. The van der Waals surface area contributed by atoms with Crippen molar-refractivity contribution in [2.45, 2.75) is 5.72 Å². The molecular weight excluding hydrogens is 308 g/mol. The average Bonchev–Trinajstić information content (AvgIpc) is 2.60. The highest BCUT2D eigenvalue weighted by molar-refractivity contribution is 5.80. The number of nitro benzene ring substituents is 1. The minimum atomic E-state index is -0.886. The summed E-state index contributed by atoms with van der Waals surface area (Å²) in [5.41, 5.74) is 1.67. The quantitative estimate of drug-likeness (QED) is 0.672. The summed E-state index contributed by atoms with van der Waals surface area (Å²) in [6.07, 6.45) is 5.50. The molecule has 2 aliphatic heterocycles. The van der Waals surface area contributed by atoms with Crippen LogP contribution in [0, 0.1) is 10.1 Å². The van der Waals surface area contributed by atoms with Crippen molar-refractivity contribution in [1.82, 2.24) is 0 Å². The number of para-hydroxylation sites is 1. The number of anilines is 1. The van der Waals surface area contributed by atoms with Crippen molar-refractivity contribution < 1.29 is 14.4 Å². The summed E-state index contributed by atoms with van der Waals surface area (Å²) in [5, 5.41) is 14.3. The Morgan fingerprint density at radius 3 is 2.88 bits per heavy atom. The molecule has 1 N–H and O–H groups in total. The van der Waals surface area contributed by atoms with E-state index in [1.807, 2.05) is 42.5 Å². The van der Waals surface area contributed by atoms with Crippen LogP contribution in [0.15, 0.2) is 54.6 Å². The Balaban J connectivity index is 1.76. The van der Waals surface area contributed by atoms with Crippen molar-refractivity contribution in [2.24, 2.45) is 0 Å². The Hall–Kier alpha value is -3.28. The van der Waals surface area contributed by atoms with Crippen LogP contribution in [0.25, 0.3) is 11.8 Å². The molecule has 2 heterocycles. The summed E-state index contributed by atoms with van der Waals surface area (Å²) in [5.74, 6) is 1.28. The van der Waals surface area contributed by atoms with E-state index in [4.69, 9.17) is 9.47 Å². The first-order chi connectivity index (χ1) is 11.6. The van der Waals surface area contributed by atoms with E-state index >= 15 is 0 Å². The highest BCUT2D eigenvalue weighted by Crippen LogP contribution is 2.40. The van der Waals surface area contributed by atoms with Gasteiger partial charge in [-0.1, -0.05) is 12.1 Å². The molecule has 0 aliphatic carbocycles. The molecule has 6 heteroatoms. The van der Waals surface area contributed by atoms with Gasteiger partial charge < -0.3 is 14.8 Å². The van der Waals surface area contributed by atoms with Crippen molar-refractivity contribution in [3.8, 4) is 5.75 Å². The van der Waals surface area contributed by atoms with Crippen LogP contribution in [-0.4, -0.2) is 17.8 Å². The lowest BCUT2D eigenvalue weighted by Crippen LogP contribution is -2.44. The van der Waals surface area contributed by atoms with Crippen LogP contribution in [0.4, 0.5) is 11.4 Å². The van der Waals surface area contributed by atoms with E-state index in [0.29, 0.717) is 17.1 Å². The molecule has 0 fully saturated rings. The largest absolute Gasteiger partial charge is 0.496 e. The number of hydrogen-bond donors (Lipinski definition) is 1. The molecule has 0 amide bonds. The van der Waals surface area contributed by atoms with Gasteiger partial charge in [0.05, 0.1) is 12.0 Å². The highest BCUT2D eigenvalue weighted by Gasteiger charge is 2.36. The number of nitro groups is 1. The molecule has 0 radical (unpaired) electrons. The van der Waals surface area contributed by atoms with E-state index in [1.54, 1.807) is 13.2 Å². The smallest absolute Gasteiger partial charge is 0.270 e. The zero-order valence-electron chi connectivity index (χ0n) is 12.9. The first-order valence-electron chi connectivity index (χ1n) is 7.41. The third kappa shape index (κ3) is 2.20. The molecule has 1 atom stereocenters. The fourth-order valence-corrected chi connectivity index (χ4v) is 2.94. The lowest BCUT2D eigenvalue weighted by molar-refractivity contribution is -0.384. The topological polar surface area (TPSA) is 73.6 Å². The first kappa shape index (κ1) is 14.3. The first-order valence-corrected chi connectivity index (χ1v) is 7.41. The third-order valence-corrected chi connectivity index (χ3v) is 4.08. The molecule has 2 aromatic carbocycles. The molecule has 24 heavy (non-hydrogen) atoms. The van der Waals surface area contributed by atoms with E-state index in [9.17, 15) is 10.1 Å². The minimum Gasteiger partial charge on any atom is -0.496 e. The van der Waals surface area contributed by atoms with Crippen molar-refractivity contribution in [3.63, 3.8) is 0 Å². The van der Waals surface area contributed by atoms with E-state index in [0.717, 1.165) is 11.3 Å². The second-order valence-electron chi connectivity index (χ2n) is 5.59. The summed E-state index contributed by atoms with van der Waals surface area (Å²) < 4.78 is 11.6. The van der Waals surface area contributed by atoms with Crippen LogP contribution in [0.5, 0.6) is 5.75 Å². The highest BCUT2D eigenvalue weighted by atomic mass is 16.6. The molecule has 0 saturated carbocycles. The summed E-state index contributed by atoms with van der Waals surface area (Å²) in [6, 6.07) is 12.3. The lowest BCUT2D eigenvalue weighted by Gasteiger charge is -2.37. The number of benzene rings is 2. The number of fused-ring (bicyclic) bond motifs is 2. The molecule has 1 spiro atoms. The van der Waals surface area contributed by atoms with Gasteiger partial charge in [0.1, 0.15) is 11.5 Å². The van der Waals surface area contributed by atoms with Gasteiger partial charge in [-0.3, -0.25) is 10.1 Å². The SMILES string of the molecule is COC1=C[C@@]2(C=Cc3cc([N+](=O)[O-])ccc3O2)Nc2ccccc21. The molecule has 120 valence electrons. The van der Waals surface area contributed by atoms with Crippen molar-refractivity contribution >= 4 is 23.2 Å². The number of ether oxygens (including phenoxy) is 2. The van der Waals surface area contributed by atoms with Crippen molar-refractivity contribution in [3.05, 3.63) is 75.9 Å². The van der Waals surface area contributed by atoms with Crippen LogP contribution in [0.1, 0.15) is 11.1 Å². The Labute approximate surface area is 138 Å². The Morgan fingerprint density at radius 2 is 2.08 bits per heavy atom. The molecule has 0 bridgehead atoms. The molecule has 2 aliphatic rings. The van der Waals surface area contributed by atoms with Gasteiger partial charge in [-0.05, 0) is 30.4 Å².